The minimum absolute atomic E-state index is 0.0425. The van der Waals surface area contributed by atoms with E-state index in [1.165, 1.54) is 25.3 Å². The van der Waals surface area contributed by atoms with E-state index in [1.807, 2.05) is 0 Å². The molecule has 6 nitrogen and oxygen atoms in total. The van der Waals surface area contributed by atoms with Gasteiger partial charge in [-0.25, -0.2) is 4.79 Å². The van der Waals surface area contributed by atoms with Crippen LogP contribution >= 0.6 is 0 Å². The quantitative estimate of drug-likeness (QED) is 0.601. The first-order valence-electron chi connectivity index (χ1n) is 10.8. The molecule has 4 aliphatic carbocycles. The van der Waals surface area contributed by atoms with Gasteiger partial charge in [-0.3, -0.25) is 4.79 Å². The smallest absolute Gasteiger partial charge is 0.387 e. The number of ether oxygens (including phenoxy) is 1. The van der Waals surface area contributed by atoms with Gasteiger partial charge in [0.15, 0.2) is 0 Å². The van der Waals surface area contributed by atoms with Gasteiger partial charge in [0, 0.05) is 30.6 Å². The summed E-state index contributed by atoms with van der Waals surface area (Å²) in [7, 11) is 0. The van der Waals surface area contributed by atoms with E-state index in [4.69, 9.17) is 0 Å². The molecule has 3 N–H and O–H groups in total. The molecule has 4 saturated carbocycles. The van der Waals surface area contributed by atoms with Crippen molar-refractivity contribution in [1.82, 2.24) is 16.0 Å². The zero-order valence-electron chi connectivity index (χ0n) is 17.0. The topological polar surface area (TPSA) is 79.5 Å². The van der Waals surface area contributed by atoms with Gasteiger partial charge in [-0.15, -0.1) is 0 Å². The molecule has 0 spiro atoms. The fourth-order valence-corrected chi connectivity index (χ4v) is 5.98. The van der Waals surface area contributed by atoms with Crippen LogP contribution in [0, 0.1) is 17.8 Å². The predicted octanol–water partition coefficient (Wildman–Crippen LogP) is 3.56. The fourth-order valence-electron chi connectivity index (χ4n) is 5.98. The third-order valence-corrected chi connectivity index (χ3v) is 6.72. The lowest BCUT2D eigenvalue weighted by Crippen LogP contribution is -2.61. The second-order valence-corrected chi connectivity index (χ2v) is 9.09. The molecule has 1 aromatic rings. The number of halogens is 2. The van der Waals surface area contributed by atoms with E-state index in [-0.39, 0.29) is 42.7 Å². The lowest BCUT2D eigenvalue weighted by Gasteiger charge is -2.56. The Morgan fingerprint density at radius 2 is 1.67 bits per heavy atom. The van der Waals surface area contributed by atoms with Crippen molar-refractivity contribution >= 4 is 11.9 Å². The van der Waals surface area contributed by atoms with Gasteiger partial charge in [-0.05, 0) is 62.3 Å². The average Bonchev–Trinajstić information content (AvgIpc) is 2.65. The van der Waals surface area contributed by atoms with E-state index in [0.29, 0.717) is 5.56 Å². The summed E-state index contributed by atoms with van der Waals surface area (Å²) in [5, 5.41) is 8.68. The van der Waals surface area contributed by atoms with Crippen molar-refractivity contribution < 1.29 is 23.1 Å². The average molecular weight is 421 g/mol. The van der Waals surface area contributed by atoms with E-state index in [1.54, 1.807) is 18.2 Å². The normalized spacial score (nSPS) is 29.0. The van der Waals surface area contributed by atoms with Gasteiger partial charge in [0.1, 0.15) is 5.75 Å². The van der Waals surface area contributed by atoms with Gasteiger partial charge >= 0.3 is 12.6 Å². The van der Waals surface area contributed by atoms with Crippen LogP contribution in [0.3, 0.4) is 0 Å². The van der Waals surface area contributed by atoms with E-state index in [0.717, 1.165) is 37.0 Å². The molecule has 164 valence electrons. The minimum atomic E-state index is -2.92. The van der Waals surface area contributed by atoms with Crippen molar-refractivity contribution in [2.24, 2.45) is 17.8 Å². The number of hydrogen-bond donors (Lipinski definition) is 3. The van der Waals surface area contributed by atoms with Gasteiger partial charge in [-0.2, -0.15) is 8.78 Å². The molecular formula is C22H29F2N3O3. The molecule has 4 aliphatic rings. The number of carbonyl (C=O) groups excluding carboxylic acids is 2. The highest BCUT2D eigenvalue weighted by atomic mass is 19.3. The number of alkyl halides is 2. The highest BCUT2D eigenvalue weighted by Gasteiger charge is 2.51. The zero-order chi connectivity index (χ0) is 21.1. The number of rotatable bonds is 8. The summed E-state index contributed by atoms with van der Waals surface area (Å²) in [6, 6.07) is 6.13. The van der Waals surface area contributed by atoms with Crippen molar-refractivity contribution in [2.75, 3.05) is 6.54 Å². The molecule has 0 aromatic heterocycles. The van der Waals surface area contributed by atoms with E-state index < -0.39 is 6.61 Å². The maximum absolute atomic E-state index is 12.5. The molecular weight excluding hydrogens is 392 g/mol. The molecule has 8 heteroatoms. The van der Waals surface area contributed by atoms with Crippen molar-refractivity contribution in [3.05, 3.63) is 29.8 Å². The Hall–Kier alpha value is -2.38. The Morgan fingerprint density at radius 3 is 2.30 bits per heavy atom. The van der Waals surface area contributed by atoms with Crippen molar-refractivity contribution in [3.63, 3.8) is 0 Å². The van der Waals surface area contributed by atoms with Crippen LogP contribution < -0.4 is 20.7 Å². The first-order valence-corrected chi connectivity index (χ1v) is 10.8. The van der Waals surface area contributed by atoms with Crippen LogP contribution in [-0.4, -0.2) is 30.6 Å². The molecule has 0 heterocycles. The Bertz CT molecular complexity index is 751. The molecule has 0 saturated heterocycles. The molecule has 0 aliphatic heterocycles. The summed E-state index contributed by atoms with van der Waals surface area (Å²) in [5.74, 6) is 2.02. The third kappa shape index (κ3) is 5.02. The largest absolute Gasteiger partial charge is 0.434 e. The number of carbonyl (C=O) groups is 2. The molecule has 0 atom stereocenters. The molecule has 1 aromatic carbocycles. The van der Waals surface area contributed by atoms with Gasteiger partial charge in [0.25, 0.3) is 0 Å². The van der Waals surface area contributed by atoms with Gasteiger partial charge in [0.2, 0.25) is 5.91 Å². The van der Waals surface area contributed by atoms with Crippen LogP contribution in [0.1, 0.15) is 50.5 Å². The minimum Gasteiger partial charge on any atom is -0.434 e. The lowest BCUT2D eigenvalue weighted by atomic mass is 9.53. The number of urea groups is 1. The first kappa shape index (κ1) is 20.9. The van der Waals surface area contributed by atoms with Crippen molar-refractivity contribution in [2.45, 2.75) is 63.6 Å². The summed E-state index contributed by atoms with van der Waals surface area (Å²) in [5.41, 5.74) is 0.411. The van der Waals surface area contributed by atoms with Crippen LogP contribution in [0.4, 0.5) is 13.6 Å². The first-order chi connectivity index (χ1) is 14.4. The van der Waals surface area contributed by atoms with Crippen molar-refractivity contribution in [3.8, 4) is 5.75 Å². The van der Waals surface area contributed by atoms with Crippen LogP contribution in [0.15, 0.2) is 24.3 Å². The van der Waals surface area contributed by atoms with E-state index in [9.17, 15) is 18.4 Å². The third-order valence-electron chi connectivity index (χ3n) is 6.72. The second kappa shape index (κ2) is 8.78. The van der Waals surface area contributed by atoms with Crippen molar-refractivity contribution in [1.29, 1.82) is 0 Å². The summed E-state index contributed by atoms with van der Waals surface area (Å²) < 4.78 is 29.4. The monoisotopic (exact) mass is 421 g/mol. The number of para-hydroxylation sites is 1. The Labute approximate surface area is 175 Å². The number of hydrogen-bond acceptors (Lipinski definition) is 3. The van der Waals surface area contributed by atoms with Gasteiger partial charge in [-0.1, -0.05) is 18.2 Å². The molecule has 5 rings (SSSR count). The number of amides is 3. The molecule has 30 heavy (non-hydrogen) atoms. The molecule has 0 unspecified atom stereocenters. The Balaban J connectivity index is 1.18. The maximum atomic E-state index is 12.5. The second-order valence-electron chi connectivity index (χ2n) is 9.09. The summed E-state index contributed by atoms with van der Waals surface area (Å²) >= 11 is 0. The van der Waals surface area contributed by atoms with E-state index >= 15 is 0 Å². The highest BCUT2D eigenvalue weighted by Crippen LogP contribution is 2.55. The van der Waals surface area contributed by atoms with Crippen LogP contribution in [-0.2, 0) is 11.3 Å². The van der Waals surface area contributed by atoms with Crippen LogP contribution in [0.2, 0.25) is 0 Å². The number of benzene rings is 1. The summed E-state index contributed by atoms with van der Waals surface area (Å²) in [4.78, 5) is 24.5. The highest BCUT2D eigenvalue weighted by molar-refractivity contribution is 5.78. The number of nitrogens with one attached hydrogen (secondary N) is 3. The maximum Gasteiger partial charge on any atom is 0.387 e. The SMILES string of the molecule is O=C(CCNC(=O)NC12CC3CC(CC(C3)C1)C2)NCc1ccccc1OC(F)F. The molecule has 4 fully saturated rings. The molecule has 0 radical (unpaired) electrons. The fraction of sp³-hybridized carbons (Fsp3) is 0.636. The van der Waals surface area contributed by atoms with Gasteiger partial charge in [0.05, 0.1) is 0 Å². The lowest BCUT2D eigenvalue weighted by molar-refractivity contribution is -0.121. The standard InChI is InChI=1S/C22H29F2N3O3/c23-20(24)30-18-4-2-1-3-17(18)13-26-19(28)5-6-25-21(29)27-22-10-14-7-15(11-22)9-16(8-14)12-22/h1-4,14-16,20H,5-13H2,(H,26,28)(H2,25,27,29). The zero-order valence-corrected chi connectivity index (χ0v) is 17.0. The molecule has 4 bridgehead atoms. The Morgan fingerprint density at radius 1 is 1.03 bits per heavy atom. The predicted molar refractivity (Wildman–Crippen MR) is 107 cm³/mol. The summed E-state index contributed by atoms with van der Waals surface area (Å²) in [6.07, 6.45) is 7.29. The Kier molecular flexibility index (Phi) is 6.11. The van der Waals surface area contributed by atoms with Crippen LogP contribution in [0.25, 0.3) is 0 Å². The van der Waals surface area contributed by atoms with Gasteiger partial charge < -0.3 is 20.7 Å². The summed E-state index contributed by atoms with van der Waals surface area (Å²) in [6.45, 7) is -2.61. The molecule has 3 amide bonds. The van der Waals surface area contributed by atoms with Crippen LogP contribution in [0.5, 0.6) is 5.75 Å². The van der Waals surface area contributed by atoms with E-state index in [2.05, 4.69) is 20.7 Å².